The summed E-state index contributed by atoms with van der Waals surface area (Å²) in [6, 6.07) is 17.4. The first-order valence-electron chi connectivity index (χ1n) is 7.11. The summed E-state index contributed by atoms with van der Waals surface area (Å²) >= 11 is 0. The van der Waals surface area contributed by atoms with E-state index < -0.39 is 0 Å². The van der Waals surface area contributed by atoms with Gasteiger partial charge >= 0.3 is 0 Å². The number of benzene rings is 2. The van der Waals surface area contributed by atoms with Crippen molar-refractivity contribution in [2.75, 3.05) is 0 Å². The number of hydrogen-bond donors (Lipinski definition) is 0. The van der Waals surface area contributed by atoms with Gasteiger partial charge in [-0.05, 0) is 41.0 Å². The molecule has 3 rings (SSSR count). The molecule has 0 saturated heterocycles. The second kappa shape index (κ2) is 5.05. The molecule has 1 aliphatic carbocycles. The average molecular weight is 248 g/mol. The van der Waals surface area contributed by atoms with Crippen LogP contribution in [-0.2, 0) is 6.42 Å². The van der Waals surface area contributed by atoms with Gasteiger partial charge in [-0.25, -0.2) is 0 Å². The van der Waals surface area contributed by atoms with Crippen LogP contribution in [0.15, 0.2) is 54.1 Å². The topological polar surface area (TPSA) is 0 Å². The highest BCUT2D eigenvalue weighted by Gasteiger charge is 2.16. The van der Waals surface area contributed by atoms with Crippen LogP contribution in [0.5, 0.6) is 0 Å². The van der Waals surface area contributed by atoms with Crippen molar-refractivity contribution in [3.63, 3.8) is 0 Å². The van der Waals surface area contributed by atoms with Gasteiger partial charge in [-0.3, -0.25) is 0 Å². The average Bonchev–Trinajstić information content (AvgIpc) is 2.80. The van der Waals surface area contributed by atoms with Gasteiger partial charge in [0.1, 0.15) is 0 Å². The zero-order valence-corrected chi connectivity index (χ0v) is 11.7. The van der Waals surface area contributed by atoms with Crippen LogP contribution in [0.4, 0.5) is 0 Å². The summed E-state index contributed by atoms with van der Waals surface area (Å²) in [5.74, 6) is 0.737. The maximum absolute atomic E-state index is 2.41. The fourth-order valence-electron chi connectivity index (χ4n) is 2.96. The molecule has 0 bridgehead atoms. The molecule has 0 radical (unpaired) electrons. The zero-order valence-electron chi connectivity index (χ0n) is 11.7. The van der Waals surface area contributed by atoms with Gasteiger partial charge in [0.05, 0.1) is 0 Å². The number of fused-ring (bicyclic) bond motifs is 1. The van der Waals surface area contributed by atoms with Crippen LogP contribution in [0.1, 0.15) is 31.4 Å². The summed E-state index contributed by atoms with van der Waals surface area (Å²) in [5, 5.41) is 0. The molecule has 1 aliphatic rings. The van der Waals surface area contributed by atoms with Gasteiger partial charge in [0.2, 0.25) is 0 Å². The maximum atomic E-state index is 2.41. The first-order valence-corrected chi connectivity index (χ1v) is 7.11. The van der Waals surface area contributed by atoms with Crippen LogP contribution in [0, 0.1) is 5.92 Å². The summed E-state index contributed by atoms with van der Waals surface area (Å²) in [5.41, 5.74) is 7.19. The van der Waals surface area contributed by atoms with Crippen LogP contribution in [0.2, 0.25) is 0 Å². The first kappa shape index (κ1) is 12.2. The molecule has 0 heteroatoms. The van der Waals surface area contributed by atoms with Crippen LogP contribution in [0.3, 0.4) is 0 Å². The van der Waals surface area contributed by atoms with Crippen LogP contribution in [0.25, 0.3) is 17.2 Å². The number of allylic oxidation sites excluding steroid dienone is 1. The van der Waals surface area contributed by atoms with Gasteiger partial charge in [0.15, 0.2) is 0 Å². The van der Waals surface area contributed by atoms with Crippen molar-refractivity contribution >= 4 is 6.08 Å². The van der Waals surface area contributed by atoms with E-state index in [2.05, 4.69) is 68.5 Å². The Balaban J connectivity index is 2.02. The van der Waals surface area contributed by atoms with Crippen molar-refractivity contribution in [3.8, 4) is 11.1 Å². The third-order valence-electron chi connectivity index (χ3n) is 3.72. The van der Waals surface area contributed by atoms with Gasteiger partial charge < -0.3 is 0 Å². The highest BCUT2D eigenvalue weighted by molar-refractivity contribution is 5.80. The monoisotopic (exact) mass is 248 g/mol. The van der Waals surface area contributed by atoms with E-state index in [1.807, 2.05) is 0 Å². The molecule has 0 nitrogen and oxygen atoms in total. The predicted molar refractivity (Wildman–Crippen MR) is 83.0 cm³/mol. The van der Waals surface area contributed by atoms with E-state index in [0.29, 0.717) is 0 Å². The summed E-state index contributed by atoms with van der Waals surface area (Å²) in [6.07, 6.45) is 4.76. The normalized spacial score (nSPS) is 13.5. The first-order chi connectivity index (χ1) is 9.24. The quantitative estimate of drug-likeness (QED) is 0.688. The molecular weight excluding hydrogens is 228 g/mol. The minimum Gasteiger partial charge on any atom is -0.0649 e. The minimum absolute atomic E-state index is 0.737. The lowest BCUT2D eigenvalue weighted by Gasteiger charge is -2.07. The summed E-state index contributed by atoms with van der Waals surface area (Å²) in [6.45, 7) is 4.59. The molecule has 2 aromatic rings. The molecule has 0 spiro atoms. The Bertz CT molecular complexity index is 603. The van der Waals surface area contributed by atoms with Crippen molar-refractivity contribution in [1.29, 1.82) is 0 Å². The number of hydrogen-bond acceptors (Lipinski definition) is 0. The third kappa shape index (κ3) is 2.49. The molecule has 0 N–H and O–H groups in total. The van der Waals surface area contributed by atoms with Crippen molar-refractivity contribution in [2.45, 2.75) is 26.7 Å². The van der Waals surface area contributed by atoms with Gasteiger partial charge in [0, 0.05) is 0 Å². The lowest BCUT2D eigenvalue weighted by atomic mass is 9.97. The largest absolute Gasteiger partial charge is 0.0649 e. The fraction of sp³-hybridized carbons (Fsp3) is 0.263. The Morgan fingerprint density at radius 1 is 0.947 bits per heavy atom. The van der Waals surface area contributed by atoms with Gasteiger partial charge in [0.25, 0.3) is 0 Å². The Hall–Kier alpha value is -1.82. The summed E-state index contributed by atoms with van der Waals surface area (Å²) < 4.78 is 0. The van der Waals surface area contributed by atoms with E-state index in [1.54, 1.807) is 5.57 Å². The SMILES string of the molecule is CC(C)CC1=Cc2c(cccc2-c2ccccc2)C1. The Kier molecular flexibility index (Phi) is 3.25. The number of rotatable bonds is 3. The van der Waals surface area contributed by atoms with Gasteiger partial charge in [-0.15, -0.1) is 0 Å². The molecule has 0 aromatic heterocycles. The maximum Gasteiger partial charge on any atom is -0.00575 e. The standard InChI is InChI=1S/C19H20/c1-14(2)11-15-12-17-9-6-10-18(19(17)13-15)16-7-4-3-5-8-16/h3-10,13-14H,11-12H2,1-2H3. The Morgan fingerprint density at radius 3 is 2.47 bits per heavy atom. The smallest absolute Gasteiger partial charge is 0.00575 e. The molecule has 0 unspecified atom stereocenters. The van der Waals surface area contributed by atoms with E-state index in [-0.39, 0.29) is 0 Å². The molecule has 0 fully saturated rings. The third-order valence-corrected chi connectivity index (χ3v) is 3.72. The van der Waals surface area contributed by atoms with Gasteiger partial charge in [-0.1, -0.05) is 74.0 Å². The predicted octanol–water partition coefficient (Wildman–Crippen LogP) is 5.34. The highest BCUT2D eigenvalue weighted by Crippen LogP contribution is 2.35. The lowest BCUT2D eigenvalue weighted by Crippen LogP contribution is -1.91. The summed E-state index contributed by atoms with van der Waals surface area (Å²) in [4.78, 5) is 0. The van der Waals surface area contributed by atoms with E-state index >= 15 is 0 Å². The van der Waals surface area contributed by atoms with Crippen LogP contribution in [-0.4, -0.2) is 0 Å². The molecular formula is C19H20. The molecule has 2 aromatic carbocycles. The second-order valence-electron chi connectivity index (χ2n) is 5.82. The zero-order chi connectivity index (χ0) is 13.2. The molecule has 0 heterocycles. The Labute approximate surface area is 115 Å². The lowest BCUT2D eigenvalue weighted by molar-refractivity contribution is 0.638. The molecule has 0 amide bonds. The Morgan fingerprint density at radius 2 is 1.74 bits per heavy atom. The van der Waals surface area contributed by atoms with E-state index in [9.17, 15) is 0 Å². The van der Waals surface area contributed by atoms with Crippen molar-refractivity contribution < 1.29 is 0 Å². The minimum atomic E-state index is 0.737. The van der Waals surface area contributed by atoms with E-state index in [4.69, 9.17) is 0 Å². The molecule has 0 aliphatic heterocycles. The second-order valence-corrected chi connectivity index (χ2v) is 5.82. The van der Waals surface area contributed by atoms with E-state index in [0.717, 1.165) is 12.3 Å². The van der Waals surface area contributed by atoms with Crippen LogP contribution < -0.4 is 0 Å². The van der Waals surface area contributed by atoms with Crippen molar-refractivity contribution in [3.05, 3.63) is 65.2 Å². The van der Waals surface area contributed by atoms with Crippen molar-refractivity contribution in [2.24, 2.45) is 5.92 Å². The molecule has 96 valence electrons. The molecule has 0 atom stereocenters. The molecule has 19 heavy (non-hydrogen) atoms. The molecule has 0 saturated carbocycles. The summed E-state index contributed by atoms with van der Waals surface area (Å²) in [7, 11) is 0. The van der Waals surface area contributed by atoms with Crippen molar-refractivity contribution in [1.82, 2.24) is 0 Å². The van der Waals surface area contributed by atoms with E-state index in [1.165, 1.54) is 28.7 Å². The highest BCUT2D eigenvalue weighted by atomic mass is 14.2. The fourth-order valence-corrected chi connectivity index (χ4v) is 2.96. The van der Waals surface area contributed by atoms with Gasteiger partial charge in [-0.2, -0.15) is 0 Å². The van der Waals surface area contributed by atoms with Crippen LogP contribution >= 0.6 is 0 Å².